The number of hydrogen-bond donors (Lipinski definition) is 1. The van der Waals surface area contributed by atoms with Crippen LogP contribution in [-0.2, 0) is 11.2 Å². The molecule has 1 aliphatic rings. The molecule has 2 nitrogen and oxygen atoms in total. The smallest absolute Gasteiger partial charge is 0.227 e. The largest absolute Gasteiger partial charge is 0.325 e. The second-order valence-electron chi connectivity index (χ2n) is 4.99. The Balaban J connectivity index is 2.02. The number of rotatable bonds is 3. The molecule has 0 heterocycles. The number of carbonyl (C=O) groups excluding carboxylic acids is 1. The van der Waals surface area contributed by atoms with Gasteiger partial charge in [-0.15, -0.1) is 0 Å². The zero-order valence-electron chi connectivity index (χ0n) is 10.8. The maximum absolute atomic E-state index is 12.1. The maximum Gasteiger partial charge on any atom is 0.227 e. The van der Waals surface area contributed by atoms with Crippen molar-refractivity contribution in [2.75, 3.05) is 5.32 Å². The van der Waals surface area contributed by atoms with E-state index in [4.69, 9.17) is 0 Å². The fraction of sp³-hybridized carbons (Fsp3) is 0.533. The fourth-order valence-corrected chi connectivity index (χ4v) is 3.00. The Labute approximate surface area is 117 Å². The van der Waals surface area contributed by atoms with Gasteiger partial charge in [-0.25, -0.2) is 0 Å². The molecule has 1 aliphatic carbocycles. The van der Waals surface area contributed by atoms with Crippen molar-refractivity contribution >= 4 is 27.5 Å². The normalized spacial score (nSPS) is 16.6. The molecule has 0 saturated heterocycles. The van der Waals surface area contributed by atoms with Crippen molar-refractivity contribution < 1.29 is 4.79 Å². The van der Waals surface area contributed by atoms with Crippen LogP contribution in [0.4, 0.5) is 5.69 Å². The lowest BCUT2D eigenvalue weighted by Crippen LogP contribution is -2.24. The Morgan fingerprint density at radius 2 is 2.06 bits per heavy atom. The molecule has 0 atom stereocenters. The molecule has 0 aromatic heterocycles. The zero-order valence-corrected chi connectivity index (χ0v) is 12.4. The van der Waals surface area contributed by atoms with Gasteiger partial charge in [-0.3, -0.25) is 4.79 Å². The summed E-state index contributed by atoms with van der Waals surface area (Å²) in [4.78, 5) is 12.1. The predicted molar refractivity (Wildman–Crippen MR) is 78.7 cm³/mol. The molecule has 3 heteroatoms. The van der Waals surface area contributed by atoms with Crippen LogP contribution < -0.4 is 5.32 Å². The van der Waals surface area contributed by atoms with E-state index >= 15 is 0 Å². The average Bonchev–Trinajstić information content (AvgIpc) is 2.42. The van der Waals surface area contributed by atoms with Crippen LogP contribution in [0.3, 0.4) is 0 Å². The standard InChI is InChI=1S/C15H20BrNO/c1-2-11-8-9-14(13(16)10-11)17-15(18)12-6-4-3-5-7-12/h8-10,12H,2-7H2,1H3,(H,17,18). The number of hydrogen-bond acceptors (Lipinski definition) is 1. The van der Waals surface area contributed by atoms with E-state index < -0.39 is 0 Å². The van der Waals surface area contributed by atoms with Crippen molar-refractivity contribution in [2.24, 2.45) is 5.92 Å². The number of aryl methyl sites for hydroxylation is 1. The topological polar surface area (TPSA) is 29.1 Å². The Morgan fingerprint density at radius 3 is 2.67 bits per heavy atom. The van der Waals surface area contributed by atoms with Crippen molar-refractivity contribution in [1.82, 2.24) is 0 Å². The van der Waals surface area contributed by atoms with Crippen LogP contribution in [0.1, 0.15) is 44.6 Å². The van der Waals surface area contributed by atoms with Gasteiger partial charge >= 0.3 is 0 Å². The molecule has 0 unspecified atom stereocenters. The number of halogens is 1. The molecule has 1 fully saturated rings. The number of nitrogens with one attached hydrogen (secondary N) is 1. The molecule has 0 radical (unpaired) electrons. The first-order valence-corrected chi connectivity index (χ1v) is 7.59. The molecule has 0 bridgehead atoms. The van der Waals surface area contributed by atoms with E-state index in [0.717, 1.165) is 29.4 Å². The van der Waals surface area contributed by atoms with Gasteiger partial charge in [-0.2, -0.15) is 0 Å². The van der Waals surface area contributed by atoms with Gasteiger partial charge in [0.25, 0.3) is 0 Å². The van der Waals surface area contributed by atoms with Crippen molar-refractivity contribution in [3.63, 3.8) is 0 Å². The van der Waals surface area contributed by atoms with Gasteiger partial charge in [0, 0.05) is 10.4 Å². The summed E-state index contributed by atoms with van der Waals surface area (Å²) in [5.74, 6) is 0.385. The number of anilines is 1. The minimum absolute atomic E-state index is 0.180. The van der Waals surface area contributed by atoms with Gasteiger partial charge in [0.15, 0.2) is 0 Å². The van der Waals surface area contributed by atoms with Crippen LogP contribution in [0.25, 0.3) is 0 Å². The third-order valence-corrected chi connectivity index (χ3v) is 4.33. The summed E-state index contributed by atoms with van der Waals surface area (Å²) in [5.41, 5.74) is 2.17. The second kappa shape index (κ2) is 6.37. The highest BCUT2D eigenvalue weighted by atomic mass is 79.9. The summed E-state index contributed by atoms with van der Waals surface area (Å²) in [7, 11) is 0. The van der Waals surface area contributed by atoms with Crippen molar-refractivity contribution in [3.05, 3.63) is 28.2 Å². The monoisotopic (exact) mass is 309 g/mol. The molecule has 18 heavy (non-hydrogen) atoms. The summed E-state index contributed by atoms with van der Waals surface area (Å²) in [6, 6.07) is 6.14. The molecule has 1 saturated carbocycles. The van der Waals surface area contributed by atoms with Gasteiger partial charge in [0.05, 0.1) is 5.69 Å². The van der Waals surface area contributed by atoms with Gasteiger partial charge in [0.2, 0.25) is 5.91 Å². The van der Waals surface area contributed by atoms with Crippen LogP contribution in [0.15, 0.2) is 22.7 Å². The van der Waals surface area contributed by atoms with Crippen LogP contribution in [0.2, 0.25) is 0 Å². The Hall–Kier alpha value is -0.830. The summed E-state index contributed by atoms with van der Waals surface area (Å²) in [6.45, 7) is 2.13. The van der Waals surface area contributed by atoms with Crippen molar-refractivity contribution in [1.29, 1.82) is 0 Å². The molecular formula is C15H20BrNO. The molecular weight excluding hydrogens is 290 g/mol. The Kier molecular flexibility index (Phi) is 4.81. The van der Waals surface area contributed by atoms with E-state index in [0.29, 0.717) is 0 Å². The molecule has 0 aliphatic heterocycles. The average molecular weight is 310 g/mol. The number of amides is 1. The number of carbonyl (C=O) groups is 1. The third-order valence-electron chi connectivity index (χ3n) is 3.68. The highest BCUT2D eigenvalue weighted by Crippen LogP contribution is 2.28. The van der Waals surface area contributed by atoms with Gasteiger partial charge in [-0.05, 0) is 52.9 Å². The Morgan fingerprint density at radius 1 is 1.33 bits per heavy atom. The van der Waals surface area contributed by atoms with Crippen LogP contribution in [-0.4, -0.2) is 5.91 Å². The first kappa shape index (κ1) is 13.6. The number of benzene rings is 1. The summed E-state index contributed by atoms with van der Waals surface area (Å²) in [6.07, 6.45) is 6.74. The predicted octanol–water partition coefficient (Wildman–Crippen LogP) is 4.53. The molecule has 1 aromatic rings. The first-order chi connectivity index (χ1) is 8.70. The molecule has 98 valence electrons. The van der Waals surface area contributed by atoms with E-state index in [1.807, 2.05) is 6.07 Å². The summed E-state index contributed by atoms with van der Waals surface area (Å²) in [5, 5.41) is 3.05. The maximum atomic E-state index is 12.1. The van der Waals surface area contributed by atoms with E-state index in [1.165, 1.54) is 24.8 Å². The van der Waals surface area contributed by atoms with Crippen molar-refractivity contribution in [2.45, 2.75) is 45.4 Å². The summed E-state index contributed by atoms with van der Waals surface area (Å²) >= 11 is 3.53. The Bertz CT molecular complexity index is 425. The SMILES string of the molecule is CCc1ccc(NC(=O)C2CCCCC2)c(Br)c1. The molecule has 1 aromatic carbocycles. The van der Waals surface area contributed by atoms with Gasteiger partial charge < -0.3 is 5.32 Å². The van der Waals surface area contributed by atoms with Gasteiger partial charge in [-0.1, -0.05) is 32.3 Å². The second-order valence-corrected chi connectivity index (χ2v) is 5.85. The molecule has 2 rings (SSSR count). The molecule has 0 spiro atoms. The van der Waals surface area contributed by atoms with Crippen LogP contribution in [0.5, 0.6) is 0 Å². The van der Waals surface area contributed by atoms with Crippen LogP contribution >= 0.6 is 15.9 Å². The minimum atomic E-state index is 0.180. The van der Waals surface area contributed by atoms with Crippen LogP contribution in [0, 0.1) is 5.92 Å². The third kappa shape index (κ3) is 3.35. The van der Waals surface area contributed by atoms with Gasteiger partial charge in [0.1, 0.15) is 0 Å². The lowest BCUT2D eigenvalue weighted by atomic mass is 9.88. The lowest BCUT2D eigenvalue weighted by Gasteiger charge is -2.21. The highest BCUT2D eigenvalue weighted by Gasteiger charge is 2.21. The lowest BCUT2D eigenvalue weighted by molar-refractivity contribution is -0.120. The highest BCUT2D eigenvalue weighted by molar-refractivity contribution is 9.10. The zero-order chi connectivity index (χ0) is 13.0. The van der Waals surface area contributed by atoms with Crippen molar-refractivity contribution in [3.8, 4) is 0 Å². The molecule has 1 amide bonds. The minimum Gasteiger partial charge on any atom is -0.325 e. The van der Waals surface area contributed by atoms with E-state index in [9.17, 15) is 4.79 Å². The van der Waals surface area contributed by atoms with E-state index in [1.54, 1.807) is 0 Å². The first-order valence-electron chi connectivity index (χ1n) is 6.80. The molecule has 1 N–H and O–H groups in total. The van der Waals surface area contributed by atoms with E-state index in [-0.39, 0.29) is 11.8 Å². The van der Waals surface area contributed by atoms with E-state index in [2.05, 4.69) is 40.3 Å². The summed E-state index contributed by atoms with van der Waals surface area (Å²) < 4.78 is 0.978. The quantitative estimate of drug-likeness (QED) is 0.873. The fourth-order valence-electron chi connectivity index (χ4n) is 2.48.